The van der Waals surface area contributed by atoms with Gasteiger partial charge in [0.25, 0.3) is 5.91 Å². The number of rotatable bonds is 3. The standard InChI is InChI=1S/C15H10BrClN2OS2/c1-2-7-19-10-4-3-9(17)8-12(10)22-15(19)18-14(20)11-5-6-13(16)21-11/h2-6,8H,1,7H2. The monoisotopic (exact) mass is 412 g/mol. The van der Waals surface area contributed by atoms with Gasteiger partial charge >= 0.3 is 0 Å². The van der Waals surface area contributed by atoms with Gasteiger partial charge < -0.3 is 4.57 Å². The molecule has 0 bridgehead atoms. The van der Waals surface area contributed by atoms with E-state index in [1.165, 1.54) is 22.7 Å². The van der Waals surface area contributed by atoms with Crippen molar-refractivity contribution in [3.05, 3.63) is 61.5 Å². The number of fused-ring (bicyclic) bond motifs is 1. The van der Waals surface area contributed by atoms with Gasteiger partial charge in [0.1, 0.15) is 0 Å². The number of nitrogens with zero attached hydrogens (tertiary/aromatic N) is 2. The molecule has 3 aromatic rings. The summed E-state index contributed by atoms with van der Waals surface area (Å²) in [6.45, 7) is 4.35. The molecule has 0 aliphatic heterocycles. The normalized spacial score (nSPS) is 12.0. The Kier molecular flexibility index (Phi) is 4.63. The van der Waals surface area contributed by atoms with Gasteiger partial charge in [0.05, 0.1) is 18.9 Å². The third-order valence-electron chi connectivity index (χ3n) is 2.94. The van der Waals surface area contributed by atoms with Crippen molar-refractivity contribution in [2.24, 2.45) is 4.99 Å². The van der Waals surface area contributed by atoms with Gasteiger partial charge in [-0.2, -0.15) is 4.99 Å². The number of hydrogen-bond acceptors (Lipinski definition) is 3. The second-order valence-corrected chi connectivity index (χ2v) is 8.33. The molecule has 0 aliphatic carbocycles. The summed E-state index contributed by atoms with van der Waals surface area (Å²) in [5.74, 6) is -0.244. The van der Waals surface area contributed by atoms with Crippen molar-refractivity contribution in [2.75, 3.05) is 0 Å². The Morgan fingerprint density at radius 2 is 2.18 bits per heavy atom. The maximum atomic E-state index is 12.3. The van der Waals surface area contributed by atoms with Gasteiger partial charge in [-0.3, -0.25) is 4.79 Å². The van der Waals surface area contributed by atoms with Crippen LogP contribution in [0, 0.1) is 0 Å². The summed E-state index contributed by atoms with van der Waals surface area (Å²) in [5, 5.41) is 0.666. The summed E-state index contributed by atoms with van der Waals surface area (Å²) < 4.78 is 3.87. The van der Waals surface area contributed by atoms with Gasteiger partial charge in [0, 0.05) is 11.6 Å². The summed E-state index contributed by atoms with van der Waals surface area (Å²) in [7, 11) is 0. The lowest BCUT2D eigenvalue weighted by atomic mass is 10.3. The van der Waals surface area contributed by atoms with Gasteiger partial charge in [0.15, 0.2) is 4.80 Å². The highest BCUT2D eigenvalue weighted by Gasteiger charge is 2.10. The maximum absolute atomic E-state index is 12.3. The van der Waals surface area contributed by atoms with E-state index >= 15 is 0 Å². The fourth-order valence-electron chi connectivity index (χ4n) is 2.01. The first-order chi connectivity index (χ1) is 10.6. The lowest BCUT2D eigenvalue weighted by Crippen LogP contribution is -2.15. The molecule has 0 saturated carbocycles. The van der Waals surface area contributed by atoms with Crippen molar-refractivity contribution in [3.8, 4) is 0 Å². The zero-order valence-corrected chi connectivity index (χ0v) is 15.2. The Morgan fingerprint density at radius 1 is 1.36 bits per heavy atom. The molecule has 0 N–H and O–H groups in total. The van der Waals surface area contributed by atoms with E-state index in [1.54, 1.807) is 12.1 Å². The third-order valence-corrected chi connectivity index (χ3v) is 5.83. The number of allylic oxidation sites excluding steroid dienone is 1. The Bertz CT molecular complexity index is 939. The Balaban J connectivity index is 2.16. The molecule has 22 heavy (non-hydrogen) atoms. The highest BCUT2D eigenvalue weighted by Crippen LogP contribution is 2.24. The molecular formula is C15H10BrClN2OS2. The lowest BCUT2D eigenvalue weighted by Gasteiger charge is -2.00. The Hall–Kier alpha value is -1.21. The average molecular weight is 414 g/mol. The molecule has 0 fully saturated rings. The van der Waals surface area contributed by atoms with E-state index in [4.69, 9.17) is 11.6 Å². The lowest BCUT2D eigenvalue weighted by molar-refractivity contribution is 0.100. The van der Waals surface area contributed by atoms with Crippen LogP contribution in [0.1, 0.15) is 9.67 Å². The fourth-order valence-corrected chi connectivity index (χ4v) is 4.59. The number of thiophene rings is 1. The molecule has 112 valence electrons. The van der Waals surface area contributed by atoms with E-state index in [9.17, 15) is 4.79 Å². The minimum Gasteiger partial charge on any atom is -0.312 e. The van der Waals surface area contributed by atoms with Crippen LogP contribution in [0.2, 0.25) is 5.02 Å². The second kappa shape index (κ2) is 6.50. The van der Waals surface area contributed by atoms with Crippen molar-refractivity contribution in [1.82, 2.24) is 4.57 Å². The van der Waals surface area contributed by atoms with E-state index in [2.05, 4.69) is 27.5 Å². The molecule has 0 atom stereocenters. The van der Waals surface area contributed by atoms with E-state index in [0.717, 1.165) is 14.0 Å². The first kappa shape index (κ1) is 15.7. The van der Waals surface area contributed by atoms with Crippen LogP contribution in [-0.4, -0.2) is 10.5 Å². The average Bonchev–Trinajstić information content (AvgIpc) is 3.04. The number of amides is 1. The summed E-state index contributed by atoms with van der Waals surface area (Å²) >= 11 is 12.2. The number of halogens is 2. The second-order valence-electron chi connectivity index (χ2n) is 4.42. The smallest absolute Gasteiger partial charge is 0.289 e. The molecule has 2 aromatic heterocycles. The molecule has 1 aromatic carbocycles. The summed E-state index contributed by atoms with van der Waals surface area (Å²) in [5.41, 5.74) is 0.994. The minimum atomic E-state index is -0.244. The maximum Gasteiger partial charge on any atom is 0.289 e. The van der Waals surface area contributed by atoms with Crippen LogP contribution in [-0.2, 0) is 6.54 Å². The Labute approximate surface area is 148 Å². The molecule has 3 nitrogen and oxygen atoms in total. The quantitative estimate of drug-likeness (QED) is 0.550. The van der Waals surface area contributed by atoms with Crippen molar-refractivity contribution < 1.29 is 4.79 Å². The van der Waals surface area contributed by atoms with Crippen LogP contribution in [0.5, 0.6) is 0 Å². The van der Waals surface area contributed by atoms with Crippen LogP contribution < -0.4 is 4.80 Å². The third kappa shape index (κ3) is 3.10. The molecule has 0 aliphatic rings. The predicted molar refractivity (Wildman–Crippen MR) is 96.9 cm³/mol. The molecule has 0 spiro atoms. The minimum absolute atomic E-state index is 0.244. The van der Waals surface area contributed by atoms with Crippen LogP contribution in [0.15, 0.2) is 51.8 Å². The highest BCUT2D eigenvalue weighted by atomic mass is 79.9. The van der Waals surface area contributed by atoms with Gasteiger partial charge in [-0.25, -0.2) is 0 Å². The first-order valence-electron chi connectivity index (χ1n) is 6.32. The predicted octanol–water partition coefficient (Wildman–Crippen LogP) is 5.11. The molecule has 7 heteroatoms. The molecule has 0 radical (unpaired) electrons. The molecule has 1 amide bonds. The number of thiazole rings is 1. The van der Waals surface area contributed by atoms with Crippen molar-refractivity contribution in [3.63, 3.8) is 0 Å². The zero-order valence-electron chi connectivity index (χ0n) is 11.3. The molecular weight excluding hydrogens is 404 g/mol. The summed E-state index contributed by atoms with van der Waals surface area (Å²) in [4.78, 5) is 17.8. The largest absolute Gasteiger partial charge is 0.312 e. The van der Waals surface area contributed by atoms with Crippen LogP contribution in [0.25, 0.3) is 10.2 Å². The van der Waals surface area contributed by atoms with Gasteiger partial charge in [-0.1, -0.05) is 29.0 Å². The molecule has 0 unspecified atom stereocenters. The number of carbonyl (C=O) groups excluding carboxylic acids is 1. The molecule has 2 heterocycles. The van der Waals surface area contributed by atoms with Gasteiger partial charge in [0.2, 0.25) is 0 Å². The first-order valence-corrected chi connectivity index (χ1v) is 9.13. The van der Waals surface area contributed by atoms with E-state index in [0.29, 0.717) is 21.2 Å². The number of hydrogen-bond donors (Lipinski definition) is 0. The van der Waals surface area contributed by atoms with E-state index < -0.39 is 0 Å². The molecule has 0 saturated heterocycles. The SMILES string of the molecule is C=CCn1c(=NC(=O)c2ccc(Br)s2)sc2cc(Cl)ccc21. The van der Waals surface area contributed by atoms with Crippen molar-refractivity contribution in [2.45, 2.75) is 6.54 Å². The topological polar surface area (TPSA) is 34.4 Å². The summed E-state index contributed by atoms with van der Waals surface area (Å²) in [6.07, 6.45) is 1.78. The molecule has 3 rings (SSSR count). The number of carbonyl (C=O) groups is 1. The van der Waals surface area contributed by atoms with Crippen molar-refractivity contribution in [1.29, 1.82) is 0 Å². The van der Waals surface area contributed by atoms with Crippen LogP contribution >= 0.6 is 50.2 Å². The fraction of sp³-hybridized carbons (Fsp3) is 0.0667. The van der Waals surface area contributed by atoms with E-state index in [1.807, 2.05) is 28.8 Å². The zero-order chi connectivity index (χ0) is 15.7. The Morgan fingerprint density at radius 3 is 2.86 bits per heavy atom. The van der Waals surface area contributed by atoms with Crippen molar-refractivity contribution >= 4 is 66.3 Å². The van der Waals surface area contributed by atoms with Crippen LogP contribution in [0.3, 0.4) is 0 Å². The highest BCUT2D eigenvalue weighted by molar-refractivity contribution is 9.11. The van der Waals surface area contributed by atoms with Gasteiger partial charge in [-0.15, -0.1) is 17.9 Å². The van der Waals surface area contributed by atoms with Gasteiger partial charge in [-0.05, 0) is 46.3 Å². The van der Waals surface area contributed by atoms with Crippen LogP contribution in [0.4, 0.5) is 0 Å². The van der Waals surface area contributed by atoms with E-state index in [-0.39, 0.29) is 5.91 Å². The number of benzene rings is 1. The summed E-state index contributed by atoms with van der Waals surface area (Å²) in [6, 6.07) is 9.26. The number of aromatic nitrogens is 1.